The van der Waals surface area contributed by atoms with Crippen molar-refractivity contribution in [3.8, 4) is 0 Å². The summed E-state index contributed by atoms with van der Waals surface area (Å²) < 4.78 is 0. The first-order valence-electron chi connectivity index (χ1n) is 4.04. The molecule has 1 fully saturated rings. The van der Waals surface area contributed by atoms with Crippen LogP contribution in [0, 0.1) is 5.92 Å². The number of Topliss-reactive ketones (excluding diaryl/α,β-unsaturated/α-hetero) is 1. The Morgan fingerprint density at radius 1 is 1.73 bits per heavy atom. The van der Waals surface area contributed by atoms with Crippen molar-refractivity contribution in [2.45, 2.75) is 25.3 Å². The van der Waals surface area contributed by atoms with Crippen molar-refractivity contribution < 1.29 is 4.79 Å². The van der Waals surface area contributed by atoms with Crippen molar-refractivity contribution >= 4 is 17.5 Å². The highest BCUT2D eigenvalue weighted by Gasteiger charge is 2.32. The molecule has 3 heteroatoms. The topological polar surface area (TPSA) is 43.1 Å². The number of ketones is 1. The van der Waals surface area contributed by atoms with E-state index in [1.54, 1.807) is 11.8 Å². The van der Waals surface area contributed by atoms with Crippen molar-refractivity contribution in [2.24, 2.45) is 11.7 Å². The molecule has 2 N–H and O–H groups in total. The Bertz CT molecular complexity index is 145. The van der Waals surface area contributed by atoms with Gasteiger partial charge in [0.15, 0.2) is 5.78 Å². The van der Waals surface area contributed by atoms with E-state index in [1.807, 2.05) is 6.26 Å². The highest BCUT2D eigenvalue weighted by atomic mass is 32.2. The second-order valence-electron chi connectivity index (χ2n) is 3.06. The minimum Gasteiger partial charge on any atom is -0.321 e. The summed E-state index contributed by atoms with van der Waals surface area (Å²) in [6.45, 7) is 0. The molecule has 0 aliphatic heterocycles. The van der Waals surface area contributed by atoms with Crippen LogP contribution in [0.4, 0.5) is 0 Å². The summed E-state index contributed by atoms with van der Waals surface area (Å²) in [5, 5.41) is 0. The van der Waals surface area contributed by atoms with E-state index in [0.29, 0.717) is 11.7 Å². The first-order valence-corrected chi connectivity index (χ1v) is 5.43. The van der Waals surface area contributed by atoms with Gasteiger partial charge in [0.05, 0.1) is 6.04 Å². The number of nitrogens with two attached hydrogens (primary N) is 1. The van der Waals surface area contributed by atoms with E-state index in [4.69, 9.17) is 5.73 Å². The molecule has 1 saturated carbocycles. The molecule has 0 aromatic heterocycles. The number of hydrogen-bond acceptors (Lipinski definition) is 3. The van der Waals surface area contributed by atoms with Crippen LogP contribution in [-0.4, -0.2) is 23.8 Å². The predicted octanol–water partition coefficient (Wildman–Crippen LogP) is 1.05. The second-order valence-corrected chi connectivity index (χ2v) is 4.05. The summed E-state index contributed by atoms with van der Waals surface area (Å²) in [5.74, 6) is 1.62. The van der Waals surface area contributed by atoms with Gasteiger partial charge in [0.1, 0.15) is 0 Å². The Balaban J connectivity index is 2.16. The van der Waals surface area contributed by atoms with Gasteiger partial charge in [0, 0.05) is 5.92 Å². The third-order valence-electron chi connectivity index (χ3n) is 1.98. The molecule has 2 nitrogen and oxygen atoms in total. The molecule has 0 aromatic carbocycles. The third kappa shape index (κ3) is 2.83. The molecule has 1 atom stereocenters. The highest BCUT2D eigenvalue weighted by molar-refractivity contribution is 7.98. The van der Waals surface area contributed by atoms with Crippen molar-refractivity contribution in [2.75, 3.05) is 12.0 Å². The van der Waals surface area contributed by atoms with Crippen LogP contribution in [-0.2, 0) is 4.79 Å². The van der Waals surface area contributed by atoms with Gasteiger partial charge in [-0.05, 0) is 31.3 Å². The predicted molar refractivity (Wildman–Crippen MR) is 48.7 cm³/mol. The van der Waals surface area contributed by atoms with Gasteiger partial charge in [0.25, 0.3) is 0 Å². The van der Waals surface area contributed by atoms with E-state index < -0.39 is 0 Å². The van der Waals surface area contributed by atoms with E-state index in [2.05, 4.69) is 0 Å². The molecule has 1 rings (SSSR count). The molecule has 0 radical (unpaired) electrons. The molecule has 0 heterocycles. The Morgan fingerprint density at radius 2 is 2.36 bits per heavy atom. The zero-order chi connectivity index (χ0) is 8.27. The Labute approximate surface area is 71.9 Å². The van der Waals surface area contributed by atoms with Crippen LogP contribution in [0.1, 0.15) is 19.3 Å². The standard InChI is InChI=1S/C8H15NOS/c1-11-5-4-7(9)8(10)6-2-3-6/h6-7H,2-5,9H2,1H3/t7-/m1/s1. The normalized spacial score (nSPS) is 19.8. The largest absolute Gasteiger partial charge is 0.321 e. The number of hydrogen-bond donors (Lipinski definition) is 1. The van der Waals surface area contributed by atoms with E-state index in [1.165, 1.54) is 0 Å². The molecule has 1 aliphatic rings. The van der Waals surface area contributed by atoms with E-state index in [0.717, 1.165) is 25.0 Å². The third-order valence-corrected chi connectivity index (χ3v) is 2.62. The molecule has 0 saturated heterocycles. The first-order chi connectivity index (χ1) is 5.25. The van der Waals surface area contributed by atoms with Crippen molar-refractivity contribution in [3.63, 3.8) is 0 Å². The average molecular weight is 173 g/mol. The molecule has 0 spiro atoms. The van der Waals surface area contributed by atoms with Crippen LogP contribution in [0.15, 0.2) is 0 Å². The van der Waals surface area contributed by atoms with E-state index in [-0.39, 0.29) is 6.04 Å². The molecule has 64 valence electrons. The fraction of sp³-hybridized carbons (Fsp3) is 0.875. The van der Waals surface area contributed by atoms with Crippen LogP contribution in [0.25, 0.3) is 0 Å². The maximum atomic E-state index is 11.3. The molecule has 0 bridgehead atoms. The summed E-state index contributed by atoms with van der Waals surface area (Å²) >= 11 is 1.75. The Kier molecular flexibility index (Phi) is 3.40. The molecule has 0 amide bonds. The molecule has 0 aromatic rings. The minimum atomic E-state index is -0.185. The van der Waals surface area contributed by atoms with Crippen LogP contribution in [0.5, 0.6) is 0 Å². The number of rotatable bonds is 5. The van der Waals surface area contributed by atoms with Gasteiger partial charge in [0.2, 0.25) is 0 Å². The molecule has 0 unspecified atom stereocenters. The smallest absolute Gasteiger partial charge is 0.152 e. The van der Waals surface area contributed by atoms with Gasteiger partial charge >= 0.3 is 0 Å². The number of thioether (sulfide) groups is 1. The van der Waals surface area contributed by atoms with Gasteiger partial charge in [-0.15, -0.1) is 0 Å². The fourth-order valence-corrected chi connectivity index (χ4v) is 1.55. The zero-order valence-corrected chi connectivity index (χ0v) is 7.69. The van der Waals surface area contributed by atoms with E-state index in [9.17, 15) is 4.79 Å². The van der Waals surface area contributed by atoms with Gasteiger partial charge < -0.3 is 5.73 Å². The number of carbonyl (C=O) groups is 1. The van der Waals surface area contributed by atoms with Crippen molar-refractivity contribution in [3.05, 3.63) is 0 Å². The maximum absolute atomic E-state index is 11.3. The summed E-state index contributed by atoms with van der Waals surface area (Å²) in [5.41, 5.74) is 5.68. The Morgan fingerprint density at radius 3 is 2.82 bits per heavy atom. The van der Waals surface area contributed by atoms with Crippen molar-refractivity contribution in [1.82, 2.24) is 0 Å². The highest BCUT2D eigenvalue weighted by Crippen LogP contribution is 2.31. The lowest BCUT2D eigenvalue weighted by atomic mass is 10.1. The lowest BCUT2D eigenvalue weighted by Gasteiger charge is -2.07. The van der Waals surface area contributed by atoms with E-state index >= 15 is 0 Å². The van der Waals surface area contributed by atoms with Crippen LogP contribution in [0.3, 0.4) is 0 Å². The Hall–Kier alpha value is -0.0200. The first kappa shape index (κ1) is 9.07. The summed E-state index contributed by atoms with van der Waals surface area (Å²) in [6.07, 6.45) is 5.03. The van der Waals surface area contributed by atoms with Crippen LogP contribution >= 0.6 is 11.8 Å². The van der Waals surface area contributed by atoms with Gasteiger partial charge in [-0.3, -0.25) is 4.79 Å². The lowest BCUT2D eigenvalue weighted by molar-refractivity contribution is -0.121. The fourth-order valence-electron chi connectivity index (χ4n) is 1.06. The minimum absolute atomic E-state index is 0.185. The summed E-state index contributed by atoms with van der Waals surface area (Å²) in [7, 11) is 0. The van der Waals surface area contributed by atoms with Gasteiger partial charge in [-0.1, -0.05) is 0 Å². The van der Waals surface area contributed by atoms with Crippen LogP contribution in [0.2, 0.25) is 0 Å². The van der Waals surface area contributed by atoms with Crippen molar-refractivity contribution in [1.29, 1.82) is 0 Å². The molecular weight excluding hydrogens is 158 g/mol. The monoisotopic (exact) mass is 173 g/mol. The summed E-state index contributed by atoms with van der Waals surface area (Å²) in [4.78, 5) is 11.3. The molecular formula is C8H15NOS. The van der Waals surface area contributed by atoms with Crippen LogP contribution < -0.4 is 5.73 Å². The quantitative estimate of drug-likeness (QED) is 0.675. The molecule has 11 heavy (non-hydrogen) atoms. The summed E-state index contributed by atoms with van der Waals surface area (Å²) in [6, 6.07) is -0.185. The van der Waals surface area contributed by atoms with Gasteiger partial charge in [-0.25, -0.2) is 0 Å². The maximum Gasteiger partial charge on any atom is 0.152 e. The van der Waals surface area contributed by atoms with Gasteiger partial charge in [-0.2, -0.15) is 11.8 Å². The second kappa shape index (κ2) is 4.12. The lowest BCUT2D eigenvalue weighted by Crippen LogP contribution is -2.32. The average Bonchev–Trinajstić information content (AvgIpc) is 2.81. The zero-order valence-electron chi connectivity index (χ0n) is 6.88. The number of carbonyl (C=O) groups excluding carboxylic acids is 1. The SMILES string of the molecule is CSCC[C@@H](N)C(=O)C1CC1. The molecule has 1 aliphatic carbocycles.